The molecule has 0 aromatic heterocycles. The molecular formula is C14H18BrN. The molecule has 0 radical (unpaired) electrons. The molecule has 1 aromatic rings. The Bertz CT molecular complexity index is 367. The van der Waals surface area contributed by atoms with Crippen molar-refractivity contribution in [3.8, 4) is 0 Å². The van der Waals surface area contributed by atoms with Crippen LogP contribution in [-0.2, 0) is 0 Å². The Kier molecular flexibility index (Phi) is 2.80. The average molecular weight is 280 g/mol. The smallest absolute Gasteiger partial charge is 0.0175 e. The van der Waals surface area contributed by atoms with E-state index in [-0.39, 0.29) is 0 Å². The van der Waals surface area contributed by atoms with Gasteiger partial charge < -0.3 is 5.32 Å². The van der Waals surface area contributed by atoms with Crippen LogP contribution in [0.1, 0.15) is 37.7 Å². The fourth-order valence-electron chi connectivity index (χ4n) is 2.62. The number of hydrogen-bond acceptors (Lipinski definition) is 1. The van der Waals surface area contributed by atoms with E-state index in [1.807, 2.05) is 0 Å². The molecule has 0 amide bonds. The van der Waals surface area contributed by atoms with Crippen LogP contribution in [0.25, 0.3) is 0 Å². The second-order valence-electron chi connectivity index (χ2n) is 5.40. The average Bonchev–Trinajstić information content (AvgIpc) is 2.90. The quantitative estimate of drug-likeness (QED) is 0.890. The highest BCUT2D eigenvalue weighted by molar-refractivity contribution is 9.10. The summed E-state index contributed by atoms with van der Waals surface area (Å²) in [5.41, 5.74) is 1.50. The van der Waals surface area contributed by atoms with Gasteiger partial charge in [-0.05, 0) is 48.8 Å². The molecule has 0 spiro atoms. The second-order valence-corrected chi connectivity index (χ2v) is 6.32. The number of rotatable bonds is 3. The fourth-order valence-corrected chi connectivity index (χ4v) is 2.88. The summed E-state index contributed by atoms with van der Waals surface area (Å²) in [5, 5.41) is 3.74. The van der Waals surface area contributed by atoms with Gasteiger partial charge in [0.1, 0.15) is 0 Å². The minimum Gasteiger partial charge on any atom is -0.311 e. The second kappa shape index (κ2) is 4.15. The van der Waals surface area contributed by atoms with Crippen molar-refractivity contribution >= 4 is 15.9 Å². The lowest BCUT2D eigenvalue weighted by atomic mass is 9.76. The summed E-state index contributed by atoms with van der Waals surface area (Å²) in [6.07, 6.45) is 4.04. The molecule has 1 N–H and O–H groups in total. The maximum atomic E-state index is 3.74. The third-order valence-electron chi connectivity index (χ3n) is 4.04. The third kappa shape index (κ3) is 2.18. The third-order valence-corrected chi connectivity index (χ3v) is 4.57. The van der Waals surface area contributed by atoms with E-state index in [1.54, 1.807) is 0 Å². The Balaban J connectivity index is 1.51. The van der Waals surface area contributed by atoms with Crippen molar-refractivity contribution in [1.29, 1.82) is 0 Å². The molecule has 2 unspecified atom stereocenters. The zero-order valence-corrected chi connectivity index (χ0v) is 11.2. The van der Waals surface area contributed by atoms with Crippen LogP contribution in [0.5, 0.6) is 0 Å². The van der Waals surface area contributed by atoms with Gasteiger partial charge in [0.2, 0.25) is 0 Å². The Morgan fingerprint density at radius 3 is 2.31 bits per heavy atom. The van der Waals surface area contributed by atoms with Crippen LogP contribution in [0, 0.1) is 5.92 Å². The minimum atomic E-state index is 0.781. The van der Waals surface area contributed by atoms with Crippen molar-refractivity contribution in [3.63, 3.8) is 0 Å². The summed E-state index contributed by atoms with van der Waals surface area (Å²) in [5.74, 6) is 1.71. The molecule has 2 heteroatoms. The maximum absolute atomic E-state index is 3.74. The van der Waals surface area contributed by atoms with Gasteiger partial charge in [-0.25, -0.2) is 0 Å². The highest BCUT2D eigenvalue weighted by Gasteiger charge is 2.38. The summed E-state index contributed by atoms with van der Waals surface area (Å²) >= 11 is 3.48. The molecule has 2 saturated carbocycles. The molecule has 2 fully saturated rings. The Morgan fingerprint density at radius 1 is 1.12 bits per heavy atom. The zero-order valence-electron chi connectivity index (χ0n) is 9.62. The zero-order chi connectivity index (χ0) is 11.1. The molecule has 0 saturated heterocycles. The van der Waals surface area contributed by atoms with E-state index in [2.05, 4.69) is 52.4 Å². The Morgan fingerprint density at radius 2 is 1.75 bits per heavy atom. The summed E-state index contributed by atoms with van der Waals surface area (Å²) < 4.78 is 1.18. The molecular weight excluding hydrogens is 262 g/mol. The first kappa shape index (κ1) is 10.8. The van der Waals surface area contributed by atoms with Crippen molar-refractivity contribution in [3.05, 3.63) is 34.3 Å². The number of benzene rings is 1. The lowest BCUT2D eigenvalue weighted by Crippen LogP contribution is -2.41. The predicted molar refractivity (Wildman–Crippen MR) is 70.6 cm³/mol. The normalized spacial score (nSPS) is 36.9. The van der Waals surface area contributed by atoms with Gasteiger partial charge in [0.15, 0.2) is 0 Å². The first-order valence-electron chi connectivity index (χ1n) is 6.24. The van der Waals surface area contributed by atoms with Crippen molar-refractivity contribution < 1.29 is 0 Å². The molecule has 2 aliphatic rings. The molecule has 1 aromatic carbocycles. The summed E-state index contributed by atoms with van der Waals surface area (Å²) in [7, 11) is 0. The van der Waals surface area contributed by atoms with Gasteiger partial charge in [-0.15, -0.1) is 0 Å². The van der Waals surface area contributed by atoms with Gasteiger partial charge in [0, 0.05) is 16.6 Å². The van der Waals surface area contributed by atoms with E-state index >= 15 is 0 Å². The van der Waals surface area contributed by atoms with Crippen molar-refractivity contribution in [2.45, 2.75) is 44.2 Å². The van der Waals surface area contributed by atoms with E-state index in [1.165, 1.54) is 29.3 Å². The van der Waals surface area contributed by atoms with E-state index in [0.29, 0.717) is 0 Å². The number of halogens is 1. The van der Waals surface area contributed by atoms with Crippen molar-refractivity contribution in [2.24, 2.45) is 5.92 Å². The van der Waals surface area contributed by atoms with E-state index in [4.69, 9.17) is 0 Å². The van der Waals surface area contributed by atoms with Crippen LogP contribution in [0.15, 0.2) is 28.7 Å². The van der Waals surface area contributed by atoms with E-state index in [9.17, 15) is 0 Å². The minimum absolute atomic E-state index is 0.781. The van der Waals surface area contributed by atoms with Crippen LogP contribution in [0.2, 0.25) is 0 Å². The van der Waals surface area contributed by atoms with Crippen molar-refractivity contribution in [1.82, 2.24) is 5.32 Å². The van der Waals surface area contributed by atoms with Gasteiger partial charge in [0.25, 0.3) is 0 Å². The van der Waals surface area contributed by atoms with Gasteiger partial charge in [-0.2, -0.15) is 0 Å². The van der Waals surface area contributed by atoms with E-state index < -0.39 is 0 Å². The predicted octanol–water partition coefficient (Wildman–Crippen LogP) is 3.69. The molecule has 2 atom stereocenters. The van der Waals surface area contributed by atoms with Gasteiger partial charge >= 0.3 is 0 Å². The van der Waals surface area contributed by atoms with Crippen LogP contribution in [-0.4, -0.2) is 12.1 Å². The molecule has 1 nitrogen and oxygen atoms in total. The van der Waals surface area contributed by atoms with E-state index in [0.717, 1.165) is 23.9 Å². The lowest BCUT2D eigenvalue weighted by Gasteiger charge is -2.36. The number of hydrogen-bond donors (Lipinski definition) is 1. The topological polar surface area (TPSA) is 12.0 Å². The molecule has 0 heterocycles. The SMILES string of the molecule is CC1CC1NC1CC(c2ccc(Br)cc2)C1. The maximum Gasteiger partial charge on any atom is 0.0175 e. The lowest BCUT2D eigenvalue weighted by molar-refractivity contribution is 0.286. The molecule has 3 rings (SSSR count). The monoisotopic (exact) mass is 279 g/mol. The fraction of sp³-hybridized carbons (Fsp3) is 0.571. The summed E-state index contributed by atoms with van der Waals surface area (Å²) in [4.78, 5) is 0. The molecule has 16 heavy (non-hydrogen) atoms. The van der Waals surface area contributed by atoms with Gasteiger partial charge in [0.05, 0.1) is 0 Å². The Hall–Kier alpha value is -0.340. The largest absolute Gasteiger partial charge is 0.311 e. The van der Waals surface area contributed by atoms with Crippen LogP contribution in [0.4, 0.5) is 0 Å². The van der Waals surface area contributed by atoms with Crippen LogP contribution in [0.3, 0.4) is 0 Å². The first-order chi connectivity index (χ1) is 7.72. The summed E-state index contributed by atoms with van der Waals surface area (Å²) in [6, 6.07) is 10.4. The molecule has 86 valence electrons. The highest BCUT2D eigenvalue weighted by atomic mass is 79.9. The van der Waals surface area contributed by atoms with Crippen molar-refractivity contribution in [2.75, 3.05) is 0 Å². The molecule has 0 aliphatic heterocycles. The Labute approximate surface area is 106 Å². The van der Waals surface area contributed by atoms with Gasteiger partial charge in [-0.3, -0.25) is 0 Å². The summed E-state index contributed by atoms with van der Waals surface area (Å²) in [6.45, 7) is 2.34. The van der Waals surface area contributed by atoms with Gasteiger partial charge in [-0.1, -0.05) is 35.0 Å². The van der Waals surface area contributed by atoms with Crippen LogP contribution < -0.4 is 5.32 Å². The standard InChI is InChI=1S/C14H18BrN/c1-9-6-14(9)16-13-7-11(8-13)10-2-4-12(15)5-3-10/h2-5,9,11,13-14,16H,6-8H2,1H3. The first-order valence-corrected chi connectivity index (χ1v) is 7.03. The molecule has 0 bridgehead atoms. The molecule has 2 aliphatic carbocycles. The van der Waals surface area contributed by atoms with Crippen LogP contribution >= 0.6 is 15.9 Å². The number of nitrogens with one attached hydrogen (secondary N) is 1. The highest BCUT2D eigenvalue weighted by Crippen LogP contribution is 2.40.